The Balaban J connectivity index is 1.46. The predicted molar refractivity (Wildman–Crippen MR) is 97.9 cm³/mol. The third kappa shape index (κ3) is 3.57. The molecule has 1 saturated carbocycles. The van der Waals surface area contributed by atoms with Crippen LogP contribution in [-0.4, -0.2) is 68.1 Å². The van der Waals surface area contributed by atoms with E-state index in [1.165, 1.54) is 11.8 Å². The molecule has 0 aromatic carbocycles. The van der Waals surface area contributed by atoms with Crippen LogP contribution in [0.2, 0.25) is 0 Å². The van der Waals surface area contributed by atoms with Gasteiger partial charge in [0.2, 0.25) is 11.1 Å². The van der Waals surface area contributed by atoms with E-state index in [0.717, 1.165) is 24.2 Å². The lowest BCUT2D eigenvalue weighted by atomic mass is 10.2. The summed E-state index contributed by atoms with van der Waals surface area (Å²) in [6.45, 7) is 3.84. The highest BCUT2D eigenvalue weighted by Gasteiger charge is 2.41. The highest BCUT2D eigenvalue weighted by Crippen LogP contribution is 2.33. The Morgan fingerprint density at radius 3 is 2.69 bits per heavy atom. The zero-order valence-electron chi connectivity index (χ0n) is 14.8. The van der Waals surface area contributed by atoms with Gasteiger partial charge in [-0.1, -0.05) is 11.8 Å². The fraction of sp³-hybridized carbons (Fsp3) is 0.625. The predicted octanol–water partition coefficient (Wildman–Crippen LogP) is 1.01. The van der Waals surface area contributed by atoms with Gasteiger partial charge >= 0.3 is 0 Å². The van der Waals surface area contributed by atoms with Crippen molar-refractivity contribution in [3.63, 3.8) is 0 Å². The zero-order valence-corrected chi connectivity index (χ0v) is 16.4. The maximum atomic E-state index is 12.8. The average Bonchev–Trinajstić information content (AvgIpc) is 3.19. The normalized spacial score (nSPS) is 22.0. The molecule has 4 rings (SSSR count). The lowest BCUT2D eigenvalue weighted by Gasteiger charge is -2.28. The van der Waals surface area contributed by atoms with Gasteiger partial charge in [-0.2, -0.15) is 4.98 Å². The number of carbonyl (C=O) groups excluding carboxylic acids is 1. The third-order valence-electron chi connectivity index (χ3n) is 4.75. The molecule has 1 aliphatic heterocycles. The molecule has 0 N–H and O–H groups in total. The second kappa shape index (κ2) is 6.49. The van der Waals surface area contributed by atoms with Gasteiger partial charge in [-0.3, -0.25) is 4.79 Å². The molecule has 0 spiro atoms. The molecule has 140 valence electrons. The highest BCUT2D eigenvalue weighted by atomic mass is 32.2. The maximum Gasteiger partial charge on any atom is 0.253 e. The van der Waals surface area contributed by atoms with Gasteiger partial charge < -0.3 is 4.90 Å². The van der Waals surface area contributed by atoms with Crippen LogP contribution in [0, 0.1) is 13.8 Å². The van der Waals surface area contributed by atoms with E-state index in [2.05, 4.69) is 15.1 Å². The van der Waals surface area contributed by atoms with E-state index in [1.54, 1.807) is 9.42 Å². The summed E-state index contributed by atoms with van der Waals surface area (Å²) in [6, 6.07) is 1.94. The first-order valence-electron chi connectivity index (χ1n) is 8.68. The standard InChI is InChI=1S/C16H21N5O3S2/c1-10-7-11(2)21-15(17-10)18-16(19-21)25-8-14(22)20(12-3-4-12)13-5-6-26(23,24)9-13/h7,12-13H,3-6,8-9H2,1-2H3/t13-/m1/s1. The number of carbonyl (C=O) groups is 1. The number of aromatic nitrogens is 4. The molecule has 0 bridgehead atoms. The van der Waals surface area contributed by atoms with Gasteiger partial charge in [-0.05, 0) is 39.2 Å². The van der Waals surface area contributed by atoms with Gasteiger partial charge in [0.15, 0.2) is 9.84 Å². The molecule has 1 amide bonds. The summed E-state index contributed by atoms with van der Waals surface area (Å²) in [5.41, 5.74) is 1.81. The molecule has 0 unspecified atom stereocenters. The SMILES string of the molecule is Cc1cc(C)n2nc(SCC(=O)N(C3CC3)[C@@H]3CCS(=O)(=O)C3)nc2n1. The van der Waals surface area contributed by atoms with Crippen LogP contribution in [0.5, 0.6) is 0 Å². The Hall–Kier alpha value is -1.68. The Labute approximate surface area is 156 Å². The molecule has 2 aromatic rings. The maximum absolute atomic E-state index is 12.8. The van der Waals surface area contributed by atoms with Crippen LogP contribution in [0.1, 0.15) is 30.7 Å². The molecule has 10 heteroatoms. The van der Waals surface area contributed by atoms with Gasteiger partial charge in [0.25, 0.3) is 5.78 Å². The summed E-state index contributed by atoms with van der Waals surface area (Å²) < 4.78 is 25.2. The summed E-state index contributed by atoms with van der Waals surface area (Å²) >= 11 is 1.28. The minimum absolute atomic E-state index is 0.0284. The van der Waals surface area contributed by atoms with E-state index < -0.39 is 9.84 Å². The van der Waals surface area contributed by atoms with Crippen LogP contribution >= 0.6 is 11.8 Å². The molecule has 2 aromatic heterocycles. The molecule has 2 aliphatic rings. The van der Waals surface area contributed by atoms with Crippen LogP contribution in [0.15, 0.2) is 11.2 Å². The van der Waals surface area contributed by atoms with E-state index in [0.29, 0.717) is 17.4 Å². The largest absolute Gasteiger partial charge is 0.335 e. The van der Waals surface area contributed by atoms with Crippen molar-refractivity contribution < 1.29 is 13.2 Å². The number of fused-ring (bicyclic) bond motifs is 1. The molecular weight excluding hydrogens is 374 g/mol. The molecular formula is C16H21N5O3S2. The first-order chi connectivity index (χ1) is 12.3. The van der Waals surface area contributed by atoms with Gasteiger partial charge in [-0.15, -0.1) is 5.10 Å². The summed E-state index contributed by atoms with van der Waals surface area (Å²) in [7, 11) is -3.01. The number of rotatable bonds is 5. The van der Waals surface area contributed by atoms with Crippen molar-refractivity contribution in [2.45, 2.75) is 50.4 Å². The van der Waals surface area contributed by atoms with E-state index in [1.807, 2.05) is 19.9 Å². The molecule has 1 saturated heterocycles. The first kappa shape index (κ1) is 17.7. The Morgan fingerprint density at radius 1 is 1.27 bits per heavy atom. The molecule has 26 heavy (non-hydrogen) atoms. The quantitative estimate of drug-likeness (QED) is 0.697. The van der Waals surface area contributed by atoms with Crippen molar-refractivity contribution in [2.24, 2.45) is 0 Å². The van der Waals surface area contributed by atoms with Crippen molar-refractivity contribution in [3.05, 3.63) is 17.5 Å². The van der Waals surface area contributed by atoms with Gasteiger partial charge in [0, 0.05) is 23.5 Å². The van der Waals surface area contributed by atoms with E-state index in [-0.39, 0.29) is 35.2 Å². The number of nitrogens with zero attached hydrogens (tertiary/aromatic N) is 5. The second-order valence-corrected chi connectivity index (χ2v) is 10.2. The summed E-state index contributed by atoms with van der Waals surface area (Å²) in [5.74, 6) is 0.980. The van der Waals surface area contributed by atoms with Crippen molar-refractivity contribution in [1.82, 2.24) is 24.5 Å². The lowest BCUT2D eigenvalue weighted by Crippen LogP contribution is -2.43. The fourth-order valence-electron chi connectivity index (χ4n) is 3.46. The Bertz CT molecular complexity index is 968. The third-order valence-corrected chi connectivity index (χ3v) is 7.33. The summed E-state index contributed by atoms with van der Waals surface area (Å²) in [4.78, 5) is 23.3. The molecule has 8 nitrogen and oxygen atoms in total. The minimum Gasteiger partial charge on any atom is -0.335 e. The van der Waals surface area contributed by atoms with Gasteiger partial charge in [0.05, 0.1) is 17.3 Å². The molecule has 1 aliphatic carbocycles. The zero-order chi connectivity index (χ0) is 18.5. The molecule has 0 radical (unpaired) electrons. The van der Waals surface area contributed by atoms with Gasteiger partial charge in [-0.25, -0.2) is 17.9 Å². The van der Waals surface area contributed by atoms with Gasteiger partial charge in [0.1, 0.15) is 0 Å². The van der Waals surface area contributed by atoms with Crippen LogP contribution in [0.3, 0.4) is 0 Å². The average molecular weight is 396 g/mol. The number of amides is 1. The van der Waals surface area contributed by atoms with Crippen molar-refractivity contribution in [2.75, 3.05) is 17.3 Å². The lowest BCUT2D eigenvalue weighted by molar-refractivity contribution is -0.130. The Kier molecular flexibility index (Phi) is 4.42. The van der Waals surface area contributed by atoms with E-state index >= 15 is 0 Å². The minimum atomic E-state index is -3.01. The van der Waals surface area contributed by atoms with Crippen LogP contribution in [-0.2, 0) is 14.6 Å². The topological polar surface area (TPSA) is 97.5 Å². The van der Waals surface area contributed by atoms with Crippen LogP contribution in [0.4, 0.5) is 0 Å². The fourth-order valence-corrected chi connectivity index (χ4v) is 5.86. The monoisotopic (exact) mass is 395 g/mol. The Morgan fingerprint density at radius 2 is 2.04 bits per heavy atom. The number of thioether (sulfide) groups is 1. The number of hydrogen-bond acceptors (Lipinski definition) is 7. The molecule has 3 heterocycles. The summed E-state index contributed by atoms with van der Waals surface area (Å²) in [6.07, 6.45) is 2.47. The van der Waals surface area contributed by atoms with E-state index in [4.69, 9.17) is 0 Å². The number of aryl methyl sites for hydroxylation is 2. The van der Waals surface area contributed by atoms with Crippen LogP contribution < -0.4 is 0 Å². The summed E-state index contributed by atoms with van der Waals surface area (Å²) in [5, 5.41) is 4.91. The van der Waals surface area contributed by atoms with Crippen LogP contribution in [0.25, 0.3) is 5.78 Å². The number of sulfone groups is 1. The smallest absolute Gasteiger partial charge is 0.253 e. The van der Waals surface area contributed by atoms with Crippen molar-refractivity contribution in [3.8, 4) is 0 Å². The van der Waals surface area contributed by atoms with E-state index in [9.17, 15) is 13.2 Å². The molecule has 1 atom stereocenters. The van der Waals surface area contributed by atoms with Crippen molar-refractivity contribution >= 4 is 33.3 Å². The highest BCUT2D eigenvalue weighted by molar-refractivity contribution is 7.99. The molecule has 2 fully saturated rings. The van der Waals surface area contributed by atoms with Crippen molar-refractivity contribution in [1.29, 1.82) is 0 Å². The number of hydrogen-bond donors (Lipinski definition) is 0. The first-order valence-corrected chi connectivity index (χ1v) is 11.5. The second-order valence-electron chi connectivity index (χ2n) is 7.02.